The standard InChI is InChI=1S/C30H36O3/c1-3-4-5-6-7-8-9-16-21-33-29-23(2)22-26(30(31)32)27(24-17-12-10-13-18-24)28(29)25-19-14-11-15-20-25/h10-15,17-20,22H,3-9,16,21H2,1-2H3,(H,31,32). The molecule has 33 heavy (non-hydrogen) atoms. The number of benzene rings is 3. The molecule has 174 valence electrons. The van der Waals surface area contributed by atoms with Crippen LogP contribution in [0, 0.1) is 6.92 Å². The molecule has 0 aliphatic rings. The van der Waals surface area contributed by atoms with Crippen molar-refractivity contribution < 1.29 is 14.6 Å². The van der Waals surface area contributed by atoms with Crippen LogP contribution in [-0.4, -0.2) is 17.7 Å². The summed E-state index contributed by atoms with van der Waals surface area (Å²) < 4.78 is 6.37. The normalized spacial score (nSPS) is 10.8. The number of rotatable bonds is 13. The fourth-order valence-corrected chi connectivity index (χ4v) is 4.35. The average Bonchev–Trinajstić information content (AvgIpc) is 2.84. The van der Waals surface area contributed by atoms with Gasteiger partial charge in [-0.15, -0.1) is 0 Å². The number of carboxylic acids is 1. The Kier molecular flexibility index (Phi) is 9.56. The van der Waals surface area contributed by atoms with E-state index in [1.807, 2.05) is 67.6 Å². The molecule has 0 aromatic heterocycles. The van der Waals surface area contributed by atoms with Gasteiger partial charge >= 0.3 is 5.97 Å². The number of aryl methyl sites for hydroxylation is 1. The highest BCUT2D eigenvalue weighted by Gasteiger charge is 2.23. The molecule has 0 saturated heterocycles. The summed E-state index contributed by atoms with van der Waals surface area (Å²) in [5.41, 5.74) is 4.58. The van der Waals surface area contributed by atoms with Crippen LogP contribution >= 0.6 is 0 Å². The van der Waals surface area contributed by atoms with Gasteiger partial charge in [0.05, 0.1) is 12.2 Å². The van der Waals surface area contributed by atoms with Crippen molar-refractivity contribution in [3.63, 3.8) is 0 Å². The van der Waals surface area contributed by atoms with Gasteiger partial charge in [0.25, 0.3) is 0 Å². The van der Waals surface area contributed by atoms with Gasteiger partial charge in [0, 0.05) is 11.1 Å². The summed E-state index contributed by atoms with van der Waals surface area (Å²) in [7, 11) is 0. The summed E-state index contributed by atoms with van der Waals surface area (Å²) in [6.45, 7) is 4.82. The lowest BCUT2D eigenvalue weighted by atomic mass is 9.87. The van der Waals surface area contributed by atoms with Crippen molar-refractivity contribution in [2.45, 2.75) is 65.2 Å². The molecule has 0 saturated carbocycles. The Bertz CT molecular complexity index is 1010. The van der Waals surface area contributed by atoms with Crippen LogP contribution in [0.25, 0.3) is 22.3 Å². The number of carbonyl (C=O) groups is 1. The molecule has 0 bridgehead atoms. The first-order valence-electron chi connectivity index (χ1n) is 12.3. The van der Waals surface area contributed by atoms with E-state index in [1.54, 1.807) is 6.07 Å². The van der Waals surface area contributed by atoms with Gasteiger partial charge in [0.2, 0.25) is 0 Å². The topological polar surface area (TPSA) is 46.5 Å². The predicted octanol–water partition coefficient (Wildman–Crippen LogP) is 8.55. The number of hydrogen-bond acceptors (Lipinski definition) is 2. The van der Waals surface area contributed by atoms with Crippen molar-refractivity contribution in [1.82, 2.24) is 0 Å². The maximum atomic E-state index is 12.2. The van der Waals surface area contributed by atoms with E-state index in [4.69, 9.17) is 4.74 Å². The molecule has 0 atom stereocenters. The van der Waals surface area contributed by atoms with Crippen LogP contribution in [-0.2, 0) is 0 Å². The van der Waals surface area contributed by atoms with Crippen molar-refractivity contribution in [3.05, 3.63) is 77.9 Å². The highest BCUT2D eigenvalue weighted by molar-refractivity contribution is 6.03. The van der Waals surface area contributed by atoms with Gasteiger partial charge in [-0.25, -0.2) is 4.79 Å². The lowest BCUT2D eigenvalue weighted by Crippen LogP contribution is -2.07. The Morgan fingerprint density at radius 1 is 0.758 bits per heavy atom. The van der Waals surface area contributed by atoms with Gasteiger partial charge in [-0.3, -0.25) is 0 Å². The Hall–Kier alpha value is -3.07. The van der Waals surface area contributed by atoms with Crippen LogP contribution in [0.2, 0.25) is 0 Å². The van der Waals surface area contributed by atoms with Gasteiger partial charge in [0.1, 0.15) is 5.75 Å². The molecule has 0 amide bonds. The van der Waals surface area contributed by atoms with E-state index in [-0.39, 0.29) is 0 Å². The Balaban J connectivity index is 1.88. The zero-order chi connectivity index (χ0) is 23.5. The Labute approximate surface area is 198 Å². The van der Waals surface area contributed by atoms with E-state index in [1.165, 1.54) is 38.5 Å². The molecule has 3 rings (SSSR count). The van der Waals surface area contributed by atoms with E-state index in [2.05, 4.69) is 6.92 Å². The summed E-state index contributed by atoms with van der Waals surface area (Å²) >= 11 is 0. The predicted molar refractivity (Wildman–Crippen MR) is 137 cm³/mol. The Morgan fingerprint density at radius 3 is 1.82 bits per heavy atom. The van der Waals surface area contributed by atoms with Crippen molar-refractivity contribution in [2.24, 2.45) is 0 Å². The van der Waals surface area contributed by atoms with Crippen molar-refractivity contribution in [1.29, 1.82) is 0 Å². The van der Waals surface area contributed by atoms with Gasteiger partial charge in [0.15, 0.2) is 0 Å². The van der Waals surface area contributed by atoms with E-state index >= 15 is 0 Å². The highest BCUT2D eigenvalue weighted by Crippen LogP contribution is 2.43. The van der Waals surface area contributed by atoms with Gasteiger partial charge in [-0.2, -0.15) is 0 Å². The number of aromatic carboxylic acids is 1. The summed E-state index contributed by atoms with van der Waals surface area (Å²) in [5, 5.41) is 10.0. The van der Waals surface area contributed by atoms with Crippen molar-refractivity contribution in [3.8, 4) is 28.0 Å². The molecular formula is C30H36O3. The first-order valence-corrected chi connectivity index (χ1v) is 12.3. The summed E-state index contributed by atoms with van der Waals surface area (Å²) in [6, 6.07) is 21.5. The fraction of sp³-hybridized carbons (Fsp3) is 0.367. The minimum Gasteiger partial charge on any atom is -0.493 e. The molecule has 0 fully saturated rings. The third-order valence-electron chi connectivity index (χ3n) is 6.07. The molecule has 0 heterocycles. The fourth-order valence-electron chi connectivity index (χ4n) is 4.35. The van der Waals surface area contributed by atoms with Crippen molar-refractivity contribution >= 4 is 5.97 Å². The van der Waals surface area contributed by atoms with Gasteiger partial charge < -0.3 is 9.84 Å². The second-order valence-electron chi connectivity index (χ2n) is 8.68. The average molecular weight is 445 g/mol. The van der Waals surface area contributed by atoms with E-state index in [9.17, 15) is 9.90 Å². The van der Waals surface area contributed by atoms with Crippen LogP contribution < -0.4 is 4.74 Å². The summed E-state index contributed by atoms with van der Waals surface area (Å²) in [6.07, 6.45) is 9.97. The van der Waals surface area contributed by atoms with Crippen LogP contribution in [0.3, 0.4) is 0 Å². The van der Waals surface area contributed by atoms with E-state index < -0.39 is 5.97 Å². The highest BCUT2D eigenvalue weighted by atomic mass is 16.5. The molecule has 0 aliphatic heterocycles. The smallest absolute Gasteiger partial charge is 0.336 e. The van der Waals surface area contributed by atoms with Crippen LogP contribution in [0.4, 0.5) is 0 Å². The number of carboxylic acid groups (broad SMARTS) is 1. The summed E-state index contributed by atoms with van der Waals surface area (Å²) in [5.74, 6) is -0.142. The van der Waals surface area contributed by atoms with E-state index in [0.717, 1.165) is 40.8 Å². The van der Waals surface area contributed by atoms with Crippen molar-refractivity contribution in [2.75, 3.05) is 6.61 Å². The molecule has 3 aromatic carbocycles. The third-order valence-corrected chi connectivity index (χ3v) is 6.07. The zero-order valence-electron chi connectivity index (χ0n) is 20.0. The number of hydrogen-bond donors (Lipinski definition) is 1. The van der Waals surface area contributed by atoms with Crippen LogP contribution in [0.15, 0.2) is 66.7 Å². The molecule has 1 N–H and O–H groups in total. The largest absolute Gasteiger partial charge is 0.493 e. The summed E-state index contributed by atoms with van der Waals surface area (Å²) in [4.78, 5) is 12.2. The number of ether oxygens (including phenoxy) is 1. The second-order valence-corrected chi connectivity index (χ2v) is 8.68. The minimum atomic E-state index is -0.927. The van der Waals surface area contributed by atoms with Gasteiger partial charge in [-0.1, -0.05) is 113 Å². The lowest BCUT2D eigenvalue weighted by molar-refractivity contribution is 0.0697. The molecule has 0 spiro atoms. The maximum absolute atomic E-state index is 12.2. The second kappa shape index (κ2) is 12.8. The monoisotopic (exact) mass is 444 g/mol. The molecule has 0 radical (unpaired) electrons. The first kappa shape index (κ1) is 24.6. The van der Waals surface area contributed by atoms with Crippen LogP contribution in [0.1, 0.15) is 74.2 Å². The third kappa shape index (κ3) is 6.71. The van der Waals surface area contributed by atoms with Crippen LogP contribution in [0.5, 0.6) is 5.75 Å². The molecule has 3 nitrogen and oxygen atoms in total. The maximum Gasteiger partial charge on any atom is 0.336 e. The number of unbranched alkanes of at least 4 members (excludes halogenated alkanes) is 7. The SMILES string of the molecule is CCCCCCCCCCOc1c(C)cc(C(=O)O)c(-c2ccccc2)c1-c1ccccc1. The Morgan fingerprint density at radius 2 is 1.27 bits per heavy atom. The lowest BCUT2D eigenvalue weighted by Gasteiger charge is -2.21. The molecule has 3 heteroatoms. The molecule has 3 aromatic rings. The molecule has 0 unspecified atom stereocenters. The quantitative estimate of drug-likeness (QED) is 0.269. The molecule has 0 aliphatic carbocycles. The minimum absolute atomic E-state index is 0.303. The zero-order valence-corrected chi connectivity index (χ0v) is 20.0. The van der Waals surface area contributed by atoms with Gasteiger partial charge in [-0.05, 0) is 36.1 Å². The molecular weight excluding hydrogens is 408 g/mol. The first-order chi connectivity index (χ1) is 16.1. The van der Waals surface area contributed by atoms with E-state index in [0.29, 0.717) is 17.7 Å².